The first kappa shape index (κ1) is 26.5. The predicted octanol–water partition coefficient (Wildman–Crippen LogP) is 4.01. The average molecular weight is 553 g/mol. The van der Waals surface area contributed by atoms with Crippen LogP contribution in [0, 0.1) is 5.82 Å². The highest BCUT2D eigenvalue weighted by Crippen LogP contribution is 2.38. The quantitative estimate of drug-likeness (QED) is 0.275. The molecule has 10 nitrogen and oxygen atoms in total. The maximum atomic E-state index is 14.9. The van der Waals surface area contributed by atoms with Crippen molar-refractivity contribution in [2.24, 2.45) is 7.05 Å². The van der Waals surface area contributed by atoms with Crippen LogP contribution < -0.4 is 10.6 Å². The molecule has 0 atom stereocenters. The van der Waals surface area contributed by atoms with Crippen molar-refractivity contribution in [3.63, 3.8) is 0 Å². The van der Waals surface area contributed by atoms with Crippen molar-refractivity contribution in [2.75, 3.05) is 11.9 Å². The highest BCUT2D eigenvalue weighted by molar-refractivity contribution is 6.07. The number of anilines is 1. The number of hydrogen-bond acceptors (Lipinski definition) is 6. The van der Waals surface area contributed by atoms with E-state index in [2.05, 4.69) is 25.7 Å². The number of amides is 4. The summed E-state index contributed by atoms with van der Waals surface area (Å²) < 4.78 is 57.3. The van der Waals surface area contributed by atoms with E-state index >= 15 is 0 Å². The van der Waals surface area contributed by atoms with Gasteiger partial charge in [-0.15, -0.1) is 0 Å². The third kappa shape index (κ3) is 5.23. The first-order valence-corrected chi connectivity index (χ1v) is 11.7. The maximum absolute atomic E-state index is 14.9. The number of alkyl halides is 3. The molecule has 0 spiro atoms. The highest BCUT2D eigenvalue weighted by Gasteiger charge is 2.36. The molecule has 0 bridgehead atoms. The van der Waals surface area contributed by atoms with Gasteiger partial charge in [-0.05, 0) is 18.2 Å². The summed E-state index contributed by atoms with van der Waals surface area (Å²) in [5.74, 6) is -2.82. The van der Waals surface area contributed by atoms with Gasteiger partial charge in [0.15, 0.2) is 0 Å². The number of rotatable bonds is 6. The topological polar surface area (TPSA) is 122 Å². The predicted molar refractivity (Wildman–Crippen MR) is 133 cm³/mol. The molecule has 1 fully saturated rings. The molecule has 4 aromatic rings. The van der Waals surface area contributed by atoms with Crippen LogP contribution in [0.5, 0.6) is 0 Å². The first-order valence-electron chi connectivity index (χ1n) is 11.7. The van der Waals surface area contributed by atoms with Crippen molar-refractivity contribution in [2.45, 2.75) is 12.7 Å². The molecule has 2 N–H and O–H groups in total. The standard InChI is InChI=1S/C26H19F4N7O3/c1-36-8-7-19(35-36)15-9-16(18(27)10-17(15)26(28,29)30)24(39)33-20-11-31-21(13-37-22(38)12-32-25(37)40)34-23(20)14-5-3-2-4-6-14/h2-11H,12-13H2,1H3,(H,32,40)(H,33,39). The number of hydrogen-bond donors (Lipinski definition) is 2. The summed E-state index contributed by atoms with van der Waals surface area (Å²) in [6.45, 7) is -0.391. The number of aromatic nitrogens is 4. The van der Waals surface area contributed by atoms with E-state index in [-0.39, 0.29) is 42.1 Å². The normalized spacial score (nSPS) is 13.5. The Morgan fingerprint density at radius 3 is 2.50 bits per heavy atom. The van der Waals surface area contributed by atoms with Crippen LogP contribution in [-0.2, 0) is 24.6 Å². The molecule has 1 aliphatic heterocycles. The van der Waals surface area contributed by atoms with Gasteiger partial charge in [0.05, 0.1) is 47.5 Å². The highest BCUT2D eigenvalue weighted by atomic mass is 19.4. The third-order valence-corrected chi connectivity index (χ3v) is 6.02. The Hall–Kier alpha value is -5.14. The van der Waals surface area contributed by atoms with Crippen LogP contribution in [0.25, 0.3) is 22.5 Å². The Morgan fingerprint density at radius 2 is 1.88 bits per heavy atom. The zero-order chi connectivity index (χ0) is 28.6. The van der Waals surface area contributed by atoms with E-state index in [1.54, 1.807) is 30.3 Å². The minimum absolute atomic E-state index is 0.0239. The number of benzene rings is 2. The molecule has 4 amide bonds. The summed E-state index contributed by atoms with van der Waals surface area (Å²) in [7, 11) is 1.51. The van der Waals surface area contributed by atoms with E-state index in [1.165, 1.54) is 30.2 Å². The lowest BCUT2D eigenvalue weighted by atomic mass is 9.99. The lowest BCUT2D eigenvalue weighted by Crippen LogP contribution is -2.31. The fraction of sp³-hybridized carbons (Fsp3) is 0.154. The second-order valence-corrected chi connectivity index (χ2v) is 8.76. The molecule has 14 heteroatoms. The van der Waals surface area contributed by atoms with Crippen LogP contribution in [-0.4, -0.2) is 49.0 Å². The number of nitrogens with one attached hydrogen (secondary N) is 2. The Kier molecular flexibility index (Phi) is 6.75. The molecule has 2 aromatic heterocycles. The van der Waals surface area contributed by atoms with Crippen LogP contribution in [0.15, 0.2) is 60.9 Å². The number of urea groups is 1. The lowest BCUT2D eigenvalue weighted by Gasteiger charge is -2.16. The SMILES string of the molecule is Cn1ccc(-c2cc(C(=O)Nc3cnc(CN4C(=O)CNC4=O)nc3-c3ccccc3)c(F)cc2C(F)(F)F)n1. The minimum atomic E-state index is -4.90. The molecular weight excluding hydrogens is 534 g/mol. The molecule has 2 aromatic carbocycles. The van der Waals surface area contributed by atoms with E-state index < -0.39 is 46.5 Å². The van der Waals surface area contributed by atoms with E-state index in [0.717, 1.165) is 11.0 Å². The molecule has 5 rings (SSSR count). The smallest absolute Gasteiger partial charge is 0.329 e. The lowest BCUT2D eigenvalue weighted by molar-refractivity contribution is -0.137. The van der Waals surface area contributed by atoms with Crippen LogP contribution in [0.4, 0.5) is 28.0 Å². The van der Waals surface area contributed by atoms with Crippen molar-refractivity contribution in [1.82, 2.24) is 30.0 Å². The molecule has 204 valence electrons. The van der Waals surface area contributed by atoms with Crippen molar-refractivity contribution < 1.29 is 31.9 Å². The first-order chi connectivity index (χ1) is 19.0. The molecule has 3 heterocycles. The molecule has 0 unspecified atom stereocenters. The van der Waals surface area contributed by atoms with Crippen molar-refractivity contribution in [3.8, 4) is 22.5 Å². The number of aryl methyl sites for hydroxylation is 1. The number of imide groups is 1. The fourth-order valence-electron chi connectivity index (χ4n) is 4.10. The molecule has 0 radical (unpaired) electrons. The van der Waals surface area contributed by atoms with Crippen molar-refractivity contribution in [1.29, 1.82) is 0 Å². The molecule has 0 saturated carbocycles. The van der Waals surface area contributed by atoms with Crippen LogP contribution in [0.3, 0.4) is 0 Å². The fourth-order valence-corrected chi connectivity index (χ4v) is 4.10. The third-order valence-electron chi connectivity index (χ3n) is 6.02. The minimum Gasteiger partial charge on any atom is -0.329 e. The van der Waals surface area contributed by atoms with Gasteiger partial charge in [0.25, 0.3) is 5.91 Å². The Balaban J connectivity index is 1.52. The van der Waals surface area contributed by atoms with Gasteiger partial charge in [-0.25, -0.2) is 19.2 Å². The molecule has 40 heavy (non-hydrogen) atoms. The monoisotopic (exact) mass is 553 g/mol. The zero-order valence-corrected chi connectivity index (χ0v) is 20.7. The number of carbonyl (C=O) groups is 3. The zero-order valence-electron chi connectivity index (χ0n) is 20.7. The van der Waals surface area contributed by atoms with E-state index in [9.17, 15) is 31.9 Å². The van der Waals surface area contributed by atoms with Gasteiger partial charge in [0.1, 0.15) is 11.6 Å². The van der Waals surface area contributed by atoms with Crippen LogP contribution in [0.2, 0.25) is 0 Å². The summed E-state index contributed by atoms with van der Waals surface area (Å²) >= 11 is 0. The van der Waals surface area contributed by atoms with Gasteiger partial charge < -0.3 is 10.6 Å². The largest absolute Gasteiger partial charge is 0.417 e. The Morgan fingerprint density at radius 1 is 1.12 bits per heavy atom. The van der Waals surface area contributed by atoms with Gasteiger partial charge in [-0.3, -0.25) is 19.2 Å². The van der Waals surface area contributed by atoms with Gasteiger partial charge in [0.2, 0.25) is 5.91 Å². The molecule has 0 aliphatic carbocycles. The molecular formula is C26H19F4N7O3. The number of carbonyl (C=O) groups excluding carboxylic acids is 3. The van der Waals surface area contributed by atoms with Gasteiger partial charge in [-0.2, -0.15) is 18.3 Å². The van der Waals surface area contributed by atoms with E-state index in [1.807, 2.05) is 0 Å². The van der Waals surface area contributed by atoms with Gasteiger partial charge in [-0.1, -0.05) is 30.3 Å². The molecule has 1 aliphatic rings. The Labute approximate surface area is 223 Å². The van der Waals surface area contributed by atoms with E-state index in [4.69, 9.17) is 0 Å². The number of nitrogens with zero attached hydrogens (tertiary/aromatic N) is 5. The van der Waals surface area contributed by atoms with Crippen molar-refractivity contribution >= 4 is 23.5 Å². The number of halogens is 4. The second-order valence-electron chi connectivity index (χ2n) is 8.76. The van der Waals surface area contributed by atoms with Crippen LogP contribution >= 0.6 is 0 Å². The Bertz CT molecular complexity index is 1620. The summed E-state index contributed by atoms with van der Waals surface area (Å²) in [6, 6.07) is 10.3. The van der Waals surface area contributed by atoms with Crippen molar-refractivity contribution in [3.05, 3.63) is 83.7 Å². The van der Waals surface area contributed by atoms with Gasteiger partial charge >= 0.3 is 12.2 Å². The average Bonchev–Trinajstić information content (AvgIpc) is 3.49. The van der Waals surface area contributed by atoms with Crippen LogP contribution in [0.1, 0.15) is 21.7 Å². The van der Waals surface area contributed by atoms with Gasteiger partial charge in [0, 0.05) is 24.4 Å². The van der Waals surface area contributed by atoms with E-state index in [0.29, 0.717) is 5.56 Å². The summed E-state index contributed by atoms with van der Waals surface area (Å²) in [5, 5.41) is 8.84. The summed E-state index contributed by atoms with van der Waals surface area (Å²) in [5.41, 5.74) is -1.78. The summed E-state index contributed by atoms with van der Waals surface area (Å²) in [6.07, 6.45) is -2.27. The molecule has 1 saturated heterocycles. The second kappa shape index (κ2) is 10.2. The maximum Gasteiger partial charge on any atom is 0.417 e. The summed E-state index contributed by atoms with van der Waals surface area (Å²) in [4.78, 5) is 46.6.